The van der Waals surface area contributed by atoms with Crippen LogP contribution in [0.25, 0.3) is 0 Å². The number of nitrogens with zero attached hydrogens (tertiary/aromatic N) is 1. The first-order chi connectivity index (χ1) is 18.1. The molecule has 0 radical (unpaired) electrons. The molecule has 1 saturated carbocycles. The third-order valence-corrected chi connectivity index (χ3v) is 8.13. The molecule has 0 spiro atoms. The van der Waals surface area contributed by atoms with Crippen LogP contribution in [0.4, 0.5) is 0 Å². The molecule has 194 valence electrons. The van der Waals surface area contributed by atoms with Crippen LogP contribution in [0.5, 0.6) is 0 Å². The normalized spacial score (nSPS) is 14.6. The zero-order valence-corrected chi connectivity index (χ0v) is 22.6. The van der Waals surface area contributed by atoms with Crippen molar-refractivity contribution in [1.82, 2.24) is 10.2 Å². The Morgan fingerprint density at radius 1 is 0.865 bits per heavy atom. The van der Waals surface area contributed by atoms with E-state index in [4.69, 9.17) is 0 Å². The number of carbonyl (C=O) groups excluding carboxylic acids is 2. The highest BCUT2D eigenvalue weighted by atomic mass is 32.2. The van der Waals surface area contributed by atoms with Gasteiger partial charge in [-0.15, -0.1) is 11.8 Å². The van der Waals surface area contributed by atoms with E-state index in [1.165, 1.54) is 17.5 Å². The van der Waals surface area contributed by atoms with Crippen molar-refractivity contribution >= 4 is 23.6 Å². The van der Waals surface area contributed by atoms with Gasteiger partial charge in [-0.3, -0.25) is 9.59 Å². The zero-order valence-electron chi connectivity index (χ0n) is 21.8. The summed E-state index contributed by atoms with van der Waals surface area (Å²) in [4.78, 5) is 29.4. The molecule has 1 atom stereocenters. The number of rotatable bonds is 11. The fourth-order valence-electron chi connectivity index (χ4n) is 4.98. The monoisotopic (exact) mass is 514 g/mol. The van der Waals surface area contributed by atoms with Gasteiger partial charge in [0.1, 0.15) is 6.04 Å². The van der Waals surface area contributed by atoms with Crippen molar-refractivity contribution in [2.24, 2.45) is 0 Å². The van der Waals surface area contributed by atoms with Crippen molar-refractivity contribution in [3.05, 3.63) is 107 Å². The molecule has 1 aliphatic carbocycles. The van der Waals surface area contributed by atoms with Gasteiger partial charge in [-0.25, -0.2) is 0 Å². The van der Waals surface area contributed by atoms with E-state index in [1.54, 1.807) is 11.8 Å². The number of amides is 2. The minimum atomic E-state index is -0.559. The van der Waals surface area contributed by atoms with Gasteiger partial charge >= 0.3 is 0 Å². The van der Waals surface area contributed by atoms with Gasteiger partial charge in [-0.2, -0.15) is 0 Å². The average molecular weight is 515 g/mol. The van der Waals surface area contributed by atoms with Crippen LogP contribution in [-0.4, -0.2) is 34.6 Å². The molecular weight excluding hydrogens is 476 g/mol. The van der Waals surface area contributed by atoms with E-state index in [0.29, 0.717) is 18.7 Å². The molecule has 2 amide bonds. The highest BCUT2D eigenvalue weighted by Gasteiger charge is 2.31. The molecule has 5 heteroatoms. The summed E-state index contributed by atoms with van der Waals surface area (Å²) >= 11 is 1.62. The van der Waals surface area contributed by atoms with Crippen molar-refractivity contribution in [2.75, 3.05) is 5.75 Å². The van der Waals surface area contributed by atoms with Crippen molar-refractivity contribution in [3.8, 4) is 0 Å². The summed E-state index contributed by atoms with van der Waals surface area (Å²) in [6.45, 7) is 2.52. The van der Waals surface area contributed by atoms with Crippen LogP contribution in [0.1, 0.15) is 54.4 Å². The van der Waals surface area contributed by atoms with E-state index in [2.05, 4.69) is 24.4 Å². The maximum atomic E-state index is 13.8. The molecule has 1 N–H and O–H groups in total. The minimum absolute atomic E-state index is 0.00200. The number of hydrogen-bond donors (Lipinski definition) is 1. The van der Waals surface area contributed by atoms with E-state index < -0.39 is 6.04 Å². The summed E-state index contributed by atoms with van der Waals surface area (Å²) < 4.78 is 0. The molecule has 1 aliphatic rings. The summed E-state index contributed by atoms with van der Waals surface area (Å²) in [7, 11) is 0. The topological polar surface area (TPSA) is 49.4 Å². The fraction of sp³-hybridized carbons (Fsp3) is 0.375. The van der Waals surface area contributed by atoms with Crippen molar-refractivity contribution in [1.29, 1.82) is 0 Å². The number of carbonyl (C=O) groups is 2. The Labute approximate surface area is 225 Å². The number of thioether (sulfide) groups is 1. The van der Waals surface area contributed by atoms with Crippen molar-refractivity contribution < 1.29 is 9.59 Å². The molecule has 4 nitrogen and oxygen atoms in total. The number of aryl methyl sites for hydroxylation is 1. The molecule has 3 aromatic carbocycles. The summed E-state index contributed by atoms with van der Waals surface area (Å²) in [6.07, 6.45) is 6.06. The smallest absolute Gasteiger partial charge is 0.243 e. The Kier molecular flexibility index (Phi) is 10.2. The minimum Gasteiger partial charge on any atom is -0.352 e. The van der Waals surface area contributed by atoms with Crippen molar-refractivity contribution in [3.63, 3.8) is 0 Å². The molecule has 37 heavy (non-hydrogen) atoms. The van der Waals surface area contributed by atoms with Crippen molar-refractivity contribution in [2.45, 2.75) is 69.8 Å². The third kappa shape index (κ3) is 8.22. The number of benzene rings is 3. The maximum absolute atomic E-state index is 13.8. The molecule has 4 rings (SSSR count). The first-order valence-corrected chi connectivity index (χ1v) is 14.6. The standard InChI is InChI=1S/C32H38N2O2S/c1-25-13-11-12-18-28(25)23-37-24-31(35)34(22-27-16-7-3-8-17-27)30(21-26-14-5-2-6-15-26)32(36)33-29-19-9-4-10-20-29/h2-3,5-8,11-18,29-30H,4,9-10,19-24H2,1H3,(H,33,36)/t30-/m1/s1. The van der Waals surface area contributed by atoms with Gasteiger partial charge < -0.3 is 10.2 Å². The second-order valence-corrected chi connectivity index (χ2v) is 11.0. The largest absolute Gasteiger partial charge is 0.352 e. The zero-order chi connectivity index (χ0) is 25.9. The van der Waals surface area contributed by atoms with Crippen LogP contribution in [-0.2, 0) is 28.3 Å². The van der Waals surface area contributed by atoms with E-state index in [1.807, 2.05) is 77.7 Å². The molecular formula is C32H38N2O2S. The van der Waals surface area contributed by atoms with Gasteiger partial charge in [0.2, 0.25) is 11.8 Å². The average Bonchev–Trinajstić information content (AvgIpc) is 2.93. The van der Waals surface area contributed by atoms with Crippen LogP contribution in [0.15, 0.2) is 84.9 Å². The predicted molar refractivity (Wildman–Crippen MR) is 153 cm³/mol. The highest BCUT2D eigenvalue weighted by Crippen LogP contribution is 2.22. The van der Waals surface area contributed by atoms with E-state index in [-0.39, 0.29) is 17.9 Å². The molecule has 0 aromatic heterocycles. The molecule has 1 fully saturated rings. The van der Waals surface area contributed by atoms with Gasteiger partial charge in [-0.05, 0) is 42.0 Å². The molecule has 3 aromatic rings. The molecule has 0 heterocycles. The quantitative estimate of drug-likeness (QED) is 0.326. The van der Waals surface area contributed by atoms with E-state index >= 15 is 0 Å². The van der Waals surface area contributed by atoms with E-state index in [9.17, 15) is 9.59 Å². The molecule has 0 bridgehead atoms. The fourth-order valence-corrected chi connectivity index (χ4v) is 5.97. The molecule has 0 aliphatic heterocycles. The Bertz CT molecular complexity index is 1130. The van der Waals surface area contributed by atoms with Gasteiger partial charge in [0.15, 0.2) is 0 Å². The van der Waals surface area contributed by atoms with Crippen LogP contribution < -0.4 is 5.32 Å². The molecule has 0 unspecified atom stereocenters. The highest BCUT2D eigenvalue weighted by molar-refractivity contribution is 7.99. The Balaban J connectivity index is 1.55. The predicted octanol–water partition coefficient (Wildman–Crippen LogP) is 6.32. The van der Waals surface area contributed by atoms with Gasteiger partial charge in [0, 0.05) is 24.8 Å². The van der Waals surface area contributed by atoms with Crippen LogP contribution >= 0.6 is 11.8 Å². The lowest BCUT2D eigenvalue weighted by Gasteiger charge is -2.33. The van der Waals surface area contributed by atoms with Crippen LogP contribution in [0.3, 0.4) is 0 Å². The third-order valence-electron chi connectivity index (χ3n) is 7.16. The van der Waals surface area contributed by atoms with Gasteiger partial charge in [0.05, 0.1) is 5.75 Å². The number of nitrogens with one attached hydrogen (secondary N) is 1. The summed E-state index contributed by atoms with van der Waals surface area (Å²) in [5.74, 6) is 1.07. The van der Waals surface area contributed by atoms with Gasteiger partial charge in [0.25, 0.3) is 0 Å². The Morgan fingerprint density at radius 3 is 2.16 bits per heavy atom. The summed E-state index contributed by atoms with van der Waals surface area (Å²) in [6, 6.07) is 28.0. The lowest BCUT2D eigenvalue weighted by molar-refractivity contribution is -0.139. The van der Waals surface area contributed by atoms with Gasteiger partial charge in [-0.1, -0.05) is 104 Å². The Hall–Kier alpha value is -3.05. The maximum Gasteiger partial charge on any atom is 0.243 e. The Morgan fingerprint density at radius 2 is 1.49 bits per heavy atom. The SMILES string of the molecule is Cc1ccccc1CSCC(=O)N(Cc1ccccc1)[C@H](Cc1ccccc1)C(=O)NC1CCCCC1. The summed E-state index contributed by atoms with van der Waals surface area (Å²) in [5.41, 5.74) is 4.57. The van der Waals surface area contributed by atoms with E-state index in [0.717, 1.165) is 42.6 Å². The van der Waals surface area contributed by atoms with Crippen LogP contribution in [0.2, 0.25) is 0 Å². The first-order valence-electron chi connectivity index (χ1n) is 13.4. The number of hydrogen-bond acceptors (Lipinski definition) is 3. The first kappa shape index (κ1) is 27.0. The summed E-state index contributed by atoms with van der Waals surface area (Å²) in [5, 5.41) is 3.31. The second kappa shape index (κ2) is 14.0. The molecule has 0 saturated heterocycles. The second-order valence-electron chi connectivity index (χ2n) is 9.98. The lowest BCUT2D eigenvalue weighted by atomic mass is 9.94. The van der Waals surface area contributed by atoms with Crippen LogP contribution in [0, 0.1) is 6.92 Å². The lowest BCUT2D eigenvalue weighted by Crippen LogP contribution is -2.53.